The topological polar surface area (TPSA) is 78.4 Å². The molecular formula is C14H19ClN2O3. The molecule has 6 heteroatoms. The number of aromatic carboxylic acids is 1. The summed E-state index contributed by atoms with van der Waals surface area (Å²) in [5.74, 6) is -0.732. The molecule has 0 aliphatic heterocycles. The van der Waals surface area contributed by atoms with Gasteiger partial charge in [-0.2, -0.15) is 0 Å². The van der Waals surface area contributed by atoms with Crippen LogP contribution in [0.5, 0.6) is 0 Å². The van der Waals surface area contributed by atoms with E-state index in [1.54, 1.807) is 0 Å². The fraction of sp³-hybridized carbons (Fsp3) is 0.429. The zero-order valence-electron chi connectivity index (χ0n) is 11.7. The number of carboxylic acid groups (broad SMARTS) is 1. The van der Waals surface area contributed by atoms with Crippen molar-refractivity contribution < 1.29 is 14.7 Å². The Balaban J connectivity index is 2.73. The van der Waals surface area contributed by atoms with Crippen molar-refractivity contribution in [2.24, 2.45) is 5.92 Å². The smallest absolute Gasteiger partial charge is 0.335 e. The molecule has 0 heterocycles. The lowest BCUT2D eigenvalue weighted by atomic mass is 10.0. The van der Waals surface area contributed by atoms with Gasteiger partial charge in [-0.25, -0.2) is 9.59 Å². The number of carboxylic acids is 1. The van der Waals surface area contributed by atoms with Crippen LogP contribution in [0.4, 0.5) is 10.5 Å². The average molecular weight is 299 g/mol. The number of benzene rings is 1. The summed E-state index contributed by atoms with van der Waals surface area (Å²) in [6, 6.07) is 3.90. The second-order valence-electron chi connectivity index (χ2n) is 4.86. The highest BCUT2D eigenvalue weighted by molar-refractivity contribution is 6.34. The lowest BCUT2D eigenvalue weighted by molar-refractivity contribution is 0.0697. The molecule has 0 saturated carbocycles. The fourth-order valence-corrected chi connectivity index (χ4v) is 2.04. The van der Waals surface area contributed by atoms with Gasteiger partial charge < -0.3 is 15.7 Å². The van der Waals surface area contributed by atoms with Crippen LogP contribution in [0.3, 0.4) is 0 Å². The molecular weight excluding hydrogens is 280 g/mol. The van der Waals surface area contributed by atoms with E-state index in [-0.39, 0.29) is 22.7 Å². The van der Waals surface area contributed by atoms with Crippen molar-refractivity contribution in [3.63, 3.8) is 0 Å². The summed E-state index contributed by atoms with van der Waals surface area (Å²) in [5, 5.41) is 14.5. The summed E-state index contributed by atoms with van der Waals surface area (Å²) >= 11 is 5.94. The van der Waals surface area contributed by atoms with Gasteiger partial charge in [0.05, 0.1) is 16.3 Å². The first-order chi connectivity index (χ1) is 9.35. The summed E-state index contributed by atoms with van der Waals surface area (Å²) in [4.78, 5) is 22.6. The predicted octanol–water partition coefficient (Wildman–Crippen LogP) is 3.59. The SMILES string of the molecule is CCC(NC(=O)Nc1ccc(C(=O)O)cc1Cl)C(C)C. The van der Waals surface area contributed by atoms with Crippen molar-refractivity contribution in [2.45, 2.75) is 33.2 Å². The van der Waals surface area contributed by atoms with E-state index in [9.17, 15) is 9.59 Å². The first-order valence-electron chi connectivity index (χ1n) is 6.45. The van der Waals surface area contributed by atoms with E-state index in [2.05, 4.69) is 10.6 Å². The molecule has 2 amide bonds. The van der Waals surface area contributed by atoms with Gasteiger partial charge in [0.15, 0.2) is 0 Å². The molecule has 0 spiro atoms. The van der Waals surface area contributed by atoms with Crippen molar-refractivity contribution in [3.8, 4) is 0 Å². The van der Waals surface area contributed by atoms with Crippen LogP contribution < -0.4 is 10.6 Å². The largest absolute Gasteiger partial charge is 0.478 e. The highest BCUT2D eigenvalue weighted by atomic mass is 35.5. The van der Waals surface area contributed by atoms with Crippen LogP contribution in [0.1, 0.15) is 37.6 Å². The van der Waals surface area contributed by atoms with Gasteiger partial charge in [-0.05, 0) is 30.5 Å². The van der Waals surface area contributed by atoms with Gasteiger partial charge in [-0.3, -0.25) is 0 Å². The van der Waals surface area contributed by atoms with Gasteiger partial charge in [0, 0.05) is 6.04 Å². The molecule has 1 aromatic rings. The molecule has 0 aliphatic rings. The zero-order chi connectivity index (χ0) is 15.3. The van der Waals surface area contributed by atoms with Gasteiger partial charge in [-0.1, -0.05) is 32.4 Å². The maximum Gasteiger partial charge on any atom is 0.335 e. The van der Waals surface area contributed by atoms with E-state index in [4.69, 9.17) is 16.7 Å². The van der Waals surface area contributed by atoms with Crippen LogP contribution in [0.15, 0.2) is 18.2 Å². The van der Waals surface area contributed by atoms with E-state index in [0.717, 1.165) is 6.42 Å². The molecule has 0 bridgehead atoms. The van der Waals surface area contributed by atoms with Crippen molar-refractivity contribution in [3.05, 3.63) is 28.8 Å². The molecule has 3 N–H and O–H groups in total. The van der Waals surface area contributed by atoms with Gasteiger partial charge in [-0.15, -0.1) is 0 Å². The highest BCUT2D eigenvalue weighted by Crippen LogP contribution is 2.23. The number of amides is 2. The first-order valence-corrected chi connectivity index (χ1v) is 6.83. The molecule has 1 aromatic carbocycles. The van der Waals surface area contributed by atoms with E-state index in [0.29, 0.717) is 11.6 Å². The molecule has 20 heavy (non-hydrogen) atoms. The first kappa shape index (κ1) is 16.3. The maximum absolute atomic E-state index is 11.9. The minimum atomic E-state index is -1.06. The van der Waals surface area contributed by atoms with Gasteiger partial charge >= 0.3 is 12.0 Å². The quantitative estimate of drug-likeness (QED) is 0.777. The molecule has 1 unspecified atom stereocenters. The molecule has 0 aromatic heterocycles. The van der Waals surface area contributed by atoms with Crippen molar-refractivity contribution in [1.29, 1.82) is 0 Å². The minimum absolute atomic E-state index is 0.0760. The second-order valence-corrected chi connectivity index (χ2v) is 5.26. The van der Waals surface area contributed by atoms with E-state index < -0.39 is 5.97 Å². The molecule has 0 radical (unpaired) electrons. The van der Waals surface area contributed by atoms with Crippen LogP contribution in [-0.2, 0) is 0 Å². The van der Waals surface area contributed by atoms with Gasteiger partial charge in [0.2, 0.25) is 0 Å². The number of anilines is 1. The Morgan fingerprint density at radius 1 is 1.35 bits per heavy atom. The predicted molar refractivity (Wildman–Crippen MR) is 79.5 cm³/mol. The molecule has 5 nitrogen and oxygen atoms in total. The normalized spacial score (nSPS) is 12.1. The minimum Gasteiger partial charge on any atom is -0.478 e. The lowest BCUT2D eigenvalue weighted by Gasteiger charge is -2.21. The molecule has 0 aliphatic carbocycles. The number of urea groups is 1. The average Bonchev–Trinajstić information content (AvgIpc) is 2.37. The number of carbonyl (C=O) groups is 2. The van der Waals surface area contributed by atoms with Crippen LogP contribution in [0.25, 0.3) is 0 Å². The molecule has 1 atom stereocenters. The summed E-state index contributed by atoms with van der Waals surface area (Å²) in [6.07, 6.45) is 0.830. The number of nitrogens with one attached hydrogen (secondary N) is 2. The zero-order valence-corrected chi connectivity index (χ0v) is 12.5. The standard InChI is InChI=1S/C14H19ClN2O3/c1-4-11(8(2)3)16-14(20)17-12-6-5-9(13(18)19)7-10(12)15/h5-8,11H,4H2,1-3H3,(H,18,19)(H2,16,17,20). The van der Waals surface area contributed by atoms with E-state index >= 15 is 0 Å². The third-order valence-electron chi connectivity index (χ3n) is 3.03. The summed E-state index contributed by atoms with van der Waals surface area (Å²) in [5.41, 5.74) is 0.461. The van der Waals surface area contributed by atoms with Gasteiger partial charge in [0.1, 0.15) is 0 Å². The Morgan fingerprint density at radius 3 is 2.45 bits per heavy atom. The Hall–Kier alpha value is -1.75. The lowest BCUT2D eigenvalue weighted by Crippen LogP contribution is -2.40. The van der Waals surface area contributed by atoms with Crippen LogP contribution in [0, 0.1) is 5.92 Å². The van der Waals surface area contributed by atoms with Crippen LogP contribution >= 0.6 is 11.6 Å². The third-order valence-corrected chi connectivity index (χ3v) is 3.34. The fourth-order valence-electron chi connectivity index (χ4n) is 1.82. The molecule has 1 rings (SSSR count). The number of hydrogen-bond donors (Lipinski definition) is 3. The number of rotatable bonds is 5. The summed E-state index contributed by atoms with van der Waals surface area (Å²) in [6.45, 7) is 6.06. The monoisotopic (exact) mass is 298 g/mol. The summed E-state index contributed by atoms with van der Waals surface area (Å²) in [7, 11) is 0. The third kappa shape index (κ3) is 4.42. The van der Waals surface area contributed by atoms with Crippen LogP contribution in [0.2, 0.25) is 5.02 Å². The van der Waals surface area contributed by atoms with Crippen molar-refractivity contribution in [2.75, 3.05) is 5.32 Å². The number of hydrogen-bond acceptors (Lipinski definition) is 2. The van der Waals surface area contributed by atoms with Gasteiger partial charge in [0.25, 0.3) is 0 Å². The Morgan fingerprint density at radius 2 is 2.00 bits per heavy atom. The highest BCUT2D eigenvalue weighted by Gasteiger charge is 2.15. The number of halogens is 1. The molecule has 0 fully saturated rings. The maximum atomic E-state index is 11.9. The summed E-state index contributed by atoms with van der Waals surface area (Å²) < 4.78 is 0. The molecule has 0 saturated heterocycles. The Kier molecular flexibility index (Phi) is 5.82. The van der Waals surface area contributed by atoms with Crippen molar-refractivity contribution in [1.82, 2.24) is 5.32 Å². The van der Waals surface area contributed by atoms with E-state index in [1.807, 2.05) is 20.8 Å². The Labute approximate surface area is 123 Å². The van der Waals surface area contributed by atoms with Crippen molar-refractivity contribution >= 4 is 29.3 Å². The molecule has 110 valence electrons. The second kappa shape index (κ2) is 7.14. The Bertz CT molecular complexity index is 503. The number of carbonyl (C=O) groups excluding carboxylic acids is 1. The van der Waals surface area contributed by atoms with E-state index in [1.165, 1.54) is 18.2 Å². The van der Waals surface area contributed by atoms with Crippen LogP contribution in [-0.4, -0.2) is 23.1 Å².